The van der Waals surface area contributed by atoms with Crippen LogP contribution in [0.1, 0.15) is 0 Å². The summed E-state index contributed by atoms with van der Waals surface area (Å²) in [7, 11) is -9.03. The standard InChI is InChI=1S/3C18H13Br3OSi.V/c3*19-13-1-7-16(8-2-13)23(22,17-9-3-14(20)4-10-17)18-11-5-15(21)6-12-18;/h3*1-12,22H;. The van der Waals surface area contributed by atoms with Crippen molar-refractivity contribution in [2.75, 3.05) is 0 Å². The van der Waals surface area contributed by atoms with Crippen molar-refractivity contribution < 1.29 is 32.9 Å². The molecule has 353 valence electrons. The van der Waals surface area contributed by atoms with E-state index in [9.17, 15) is 14.4 Å². The Hall–Kier alpha value is -1.58. The second-order valence-electron chi connectivity index (χ2n) is 15.7. The maximum absolute atomic E-state index is 11.8. The van der Waals surface area contributed by atoms with Gasteiger partial charge in [0, 0.05) is 58.8 Å². The van der Waals surface area contributed by atoms with Crippen molar-refractivity contribution in [2.45, 2.75) is 0 Å². The van der Waals surface area contributed by atoms with Crippen LogP contribution < -0.4 is 46.7 Å². The van der Waals surface area contributed by atoms with Crippen LogP contribution in [0.5, 0.6) is 0 Å². The molecule has 0 saturated heterocycles. The van der Waals surface area contributed by atoms with Crippen molar-refractivity contribution in [1.82, 2.24) is 0 Å². The SMILES string of the molecule is O[Si](c1ccc(Br)cc1)(c1ccc(Br)cc1)c1ccc(Br)cc1.O[Si](c1ccc(Br)cc1)(c1ccc(Br)cc1)c1ccc(Br)cc1.O[Si](c1ccc(Br)cc1)(c1ccc(Br)cc1)c1ccc(Br)cc1.[V]. The predicted molar refractivity (Wildman–Crippen MR) is 328 cm³/mol. The van der Waals surface area contributed by atoms with Crippen LogP contribution in [0.25, 0.3) is 0 Å². The molecule has 3 N–H and O–H groups in total. The molecule has 70 heavy (non-hydrogen) atoms. The van der Waals surface area contributed by atoms with Crippen LogP contribution in [0.3, 0.4) is 0 Å². The maximum Gasteiger partial charge on any atom is 0.285 e. The summed E-state index contributed by atoms with van der Waals surface area (Å²) in [4.78, 5) is 35.4. The van der Waals surface area contributed by atoms with Crippen molar-refractivity contribution in [3.05, 3.63) is 259 Å². The van der Waals surface area contributed by atoms with Gasteiger partial charge in [-0.3, -0.25) is 0 Å². The van der Waals surface area contributed by atoms with Crippen LogP contribution in [0.4, 0.5) is 0 Å². The van der Waals surface area contributed by atoms with E-state index in [0.717, 1.165) is 86.9 Å². The number of halogens is 9. The fourth-order valence-corrected chi connectivity index (χ4v) is 18.9. The third-order valence-corrected chi connectivity index (χ3v) is 26.6. The molecular formula is C54H39Br9O3Si3V. The zero-order valence-corrected chi connectivity index (χ0v) is 55.1. The van der Waals surface area contributed by atoms with Gasteiger partial charge in [-0.2, -0.15) is 0 Å². The fraction of sp³-hybridized carbons (Fsp3) is 0. The Morgan fingerprint density at radius 3 is 0.314 bits per heavy atom. The Balaban J connectivity index is 0.000000171. The smallest absolute Gasteiger partial charge is 0.285 e. The first-order valence-electron chi connectivity index (χ1n) is 21.0. The third-order valence-electron chi connectivity index (χ3n) is 11.4. The summed E-state index contributed by atoms with van der Waals surface area (Å²) < 4.78 is 9.04. The van der Waals surface area contributed by atoms with Gasteiger partial charge in [-0.05, 0) is 156 Å². The van der Waals surface area contributed by atoms with Gasteiger partial charge in [0.2, 0.25) is 0 Å². The van der Waals surface area contributed by atoms with E-state index in [1.807, 2.05) is 218 Å². The number of hydrogen-bond donors (Lipinski definition) is 3. The molecule has 9 aromatic carbocycles. The average Bonchev–Trinajstić information content (AvgIpc) is 3.35. The largest absolute Gasteiger partial charge is 0.421 e. The molecule has 0 bridgehead atoms. The summed E-state index contributed by atoms with van der Waals surface area (Å²) in [5, 5.41) is 8.67. The van der Waals surface area contributed by atoms with Crippen molar-refractivity contribution in [1.29, 1.82) is 0 Å². The van der Waals surface area contributed by atoms with Crippen LogP contribution in [0, 0.1) is 0 Å². The molecule has 0 aromatic heterocycles. The molecule has 0 atom stereocenters. The summed E-state index contributed by atoms with van der Waals surface area (Å²) in [5.41, 5.74) is 0. The van der Waals surface area contributed by atoms with E-state index in [0.29, 0.717) is 0 Å². The van der Waals surface area contributed by atoms with Gasteiger partial charge in [-0.25, -0.2) is 0 Å². The molecule has 9 rings (SSSR count). The molecule has 0 spiro atoms. The van der Waals surface area contributed by atoms with Crippen LogP contribution in [0.15, 0.2) is 259 Å². The number of benzene rings is 9. The first kappa shape index (κ1) is 57.7. The van der Waals surface area contributed by atoms with Crippen molar-refractivity contribution in [3.8, 4) is 0 Å². The molecule has 0 aliphatic heterocycles. The monoisotopic (exact) mass is 1580 g/mol. The van der Waals surface area contributed by atoms with E-state index in [1.54, 1.807) is 0 Å². The first-order chi connectivity index (χ1) is 33.0. The Bertz CT molecular complexity index is 2410. The van der Waals surface area contributed by atoms with Gasteiger partial charge in [0.05, 0.1) is 0 Å². The Morgan fingerprint density at radius 2 is 0.243 bits per heavy atom. The molecule has 16 heteroatoms. The summed E-state index contributed by atoms with van der Waals surface area (Å²) in [6.07, 6.45) is 0. The zero-order chi connectivity index (χ0) is 49.3. The van der Waals surface area contributed by atoms with Gasteiger partial charge in [-0.15, -0.1) is 0 Å². The summed E-state index contributed by atoms with van der Waals surface area (Å²) in [6.45, 7) is 0. The Morgan fingerprint density at radius 1 is 0.171 bits per heavy atom. The summed E-state index contributed by atoms with van der Waals surface area (Å²) >= 11 is 31.2. The molecule has 3 nitrogen and oxygen atoms in total. The normalized spacial score (nSPS) is 11.3. The topological polar surface area (TPSA) is 60.7 Å². The quantitative estimate of drug-likeness (QED) is 0.0997. The van der Waals surface area contributed by atoms with E-state index in [4.69, 9.17) is 0 Å². The van der Waals surface area contributed by atoms with Gasteiger partial charge in [-0.1, -0.05) is 253 Å². The predicted octanol–water partition coefficient (Wildman–Crippen LogP) is 11.8. The van der Waals surface area contributed by atoms with Crippen molar-refractivity contribution in [3.63, 3.8) is 0 Å². The van der Waals surface area contributed by atoms with Crippen LogP contribution in [-0.2, 0) is 18.6 Å². The summed E-state index contributed by atoms with van der Waals surface area (Å²) in [6, 6.07) is 71.6. The molecule has 0 amide bonds. The molecule has 1 radical (unpaired) electrons. The third kappa shape index (κ3) is 14.0. The molecule has 0 heterocycles. The van der Waals surface area contributed by atoms with Gasteiger partial charge in [0.15, 0.2) is 0 Å². The molecule has 0 aliphatic carbocycles. The van der Waals surface area contributed by atoms with Gasteiger partial charge < -0.3 is 14.4 Å². The van der Waals surface area contributed by atoms with Crippen LogP contribution in [0.2, 0.25) is 0 Å². The second-order valence-corrected chi connectivity index (χ2v) is 33.4. The minimum atomic E-state index is -3.01. The fourth-order valence-electron chi connectivity index (χ4n) is 7.72. The summed E-state index contributed by atoms with van der Waals surface area (Å²) in [5.74, 6) is 0. The Kier molecular flexibility index (Phi) is 21.6. The van der Waals surface area contributed by atoms with E-state index in [2.05, 4.69) is 143 Å². The van der Waals surface area contributed by atoms with Gasteiger partial charge >= 0.3 is 0 Å². The van der Waals surface area contributed by atoms with Crippen LogP contribution in [-0.4, -0.2) is 39.3 Å². The van der Waals surface area contributed by atoms with E-state index < -0.39 is 25.0 Å². The molecule has 0 fully saturated rings. The van der Waals surface area contributed by atoms with Crippen molar-refractivity contribution >= 4 is 215 Å². The molecule has 0 unspecified atom stereocenters. The molecule has 9 aromatic rings. The average molecular weight is 1590 g/mol. The second kappa shape index (κ2) is 26.3. The maximum atomic E-state index is 11.8. The minimum Gasteiger partial charge on any atom is -0.421 e. The van der Waals surface area contributed by atoms with E-state index >= 15 is 0 Å². The van der Waals surface area contributed by atoms with Crippen molar-refractivity contribution in [2.24, 2.45) is 0 Å². The first-order valence-corrected chi connectivity index (χ1v) is 34.0. The van der Waals surface area contributed by atoms with Gasteiger partial charge in [0.1, 0.15) is 0 Å². The molecule has 0 aliphatic rings. The van der Waals surface area contributed by atoms with Gasteiger partial charge in [0.25, 0.3) is 25.0 Å². The Labute approximate surface area is 500 Å². The van der Waals surface area contributed by atoms with E-state index in [-0.39, 0.29) is 18.6 Å². The zero-order valence-electron chi connectivity index (χ0n) is 36.5. The molecule has 0 saturated carbocycles. The van der Waals surface area contributed by atoms with E-state index in [1.165, 1.54) is 0 Å². The molecular weight excluding hydrogens is 1550 g/mol. The number of hydrogen-bond acceptors (Lipinski definition) is 3. The minimum absolute atomic E-state index is 0. The number of rotatable bonds is 9. The van der Waals surface area contributed by atoms with Crippen LogP contribution >= 0.6 is 143 Å².